The highest BCUT2D eigenvalue weighted by Gasteiger charge is 2.13. The van der Waals surface area contributed by atoms with Crippen molar-refractivity contribution in [1.29, 1.82) is 0 Å². The van der Waals surface area contributed by atoms with Crippen LogP contribution in [0, 0.1) is 5.82 Å². The van der Waals surface area contributed by atoms with E-state index in [9.17, 15) is 9.18 Å². The van der Waals surface area contributed by atoms with Crippen LogP contribution in [-0.2, 0) is 17.9 Å². The number of alkyl halides is 1. The number of carbonyl (C=O) groups excluding carboxylic acids is 1. The highest BCUT2D eigenvalue weighted by atomic mass is 35.5. The van der Waals surface area contributed by atoms with Gasteiger partial charge in [-0.2, -0.15) is 0 Å². The summed E-state index contributed by atoms with van der Waals surface area (Å²) in [5.74, 6) is -0.486. The first-order valence-electron chi connectivity index (χ1n) is 6.31. The van der Waals surface area contributed by atoms with Gasteiger partial charge in [-0.3, -0.25) is 4.79 Å². The largest absolute Gasteiger partial charge is 0.333 e. The molecular formula is C16H15ClFNO. The van der Waals surface area contributed by atoms with Gasteiger partial charge in [0.15, 0.2) is 0 Å². The van der Waals surface area contributed by atoms with Crippen molar-refractivity contribution in [2.45, 2.75) is 13.1 Å². The maximum absolute atomic E-state index is 12.9. The van der Waals surface area contributed by atoms with E-state index in [1.807, 2.05) is 30.3 Å². The number of nitrogens with zero attached hydrogens (tertiary/aromatic N) is 1. The molecule has 0 saturated carbocycles. The average molecular weight is 292 g/mol. The van der Waals surface area contributed by atoms with Crippen LogP contribution in [0.5, 0.6) is 0 Å². The van der Waals surface area contributed by atoms with E-state index in [0.29, 0.717) is 13.1 Å². The predicted molar refractivity (Wildman–Crippen MR) is 77.8 cm³/mol. The molecule has 2 aromatic carbocycles. The molecule has 104 valence electrons. The fraction of sp³-hybridized carbons (Fsp3) is 0.188. The summed E-state index contributed by atoms with van der Waals surface area (Å²) in [6, 6.07) is 15.8. The van der Waals surface area contributed by atoms with Gasteiger partial charge in [0.05, 0.1) is 0 Å². The summed E-state index contributed by atoms with van der Waals surface area (Å²) in [6.07, 6.45) is 0. The summed E-state index contributed by atoms with van der Waals surface area (Å²) >= 11 is 5.65. The summed E-state index contributed by atoms with van der Waals surface area (Å²) in [6.45, 7) is 0.907. The van der Waals surface area contributed by atoms with Crippen LogP contribution in [-0.4, -0.2) is 16.7 Å². The first kappa shape index (κ1) is 14.5. The molecule has 0 aromatic heterocycles. The van der Waals surface area contributed by atoms with E-state index in [1.165, 1.54) is 12.1 Å². The number of benzene rings is 2. The second kappa shape index (κ2) is 7.06. The van der Waals surface area contributed by atoms with Gasteiger partial charge < -0.3 is 4.90 Å². The molecule has 0 atom stereocenters. The van der Waals surface area contributed by atoms with Crippen LogP contribution >= 0.6 is 11.6 Å². The van der Waals surface area contributed by atoms with Crippen LogP contribution in [0.2, 0.25) is 0 Å². The molecular weight excluding hydrogens is 277 g/mol. The van der Waals surface area contributed by atoms with Crippen molar-refractivity contribution in [3.63, 3.8) is 0 Å². The molecule has 1 amide bonds. The molecule has 0 aliphatic carbocycles. The fourth-order valence-electron chi connectivity index (χ4n) is 1.93. The fourth-order valence-corrected chi connectivity index (χ4v) is 2.10. The molecule has 20 heavy (non-hydrogen) atoms. The lowest BCUT2D eigenvalue weighted by Crippen LogP contribution is -2.31. The van der Waals surface area contributed by atoms with Crippen LogP contribution in [0.4, 0.5) is 4.39 Å². The van der Waals surface area contributed by atoms with Crippen LogP contribution in [0.1, 0.15) is 11.1 Å². The van der Waals surface area contributed by atoms with Crippen LogP contribution < -0.4 is 0 Å². The molecule has 0 saturated heterocycles. The normalized spacial score (nSPS) is 10.3. The van der Waals surface area contributed by atoms with Gasteiger partial charge in [-0.05, 0) is 23.3 Å². The molecule has 0 fully saturated rings. The Balaban J connectivity index is 2.11. The van der Waals surface area contributed by atoms with Crippen molar-refractivity contribution in [3.05, 3.63) is 71.5 Å². The van der Waals surface area contributed by atoms with E-state index < -0.39 is 0 Å². The third-order valence-electron chi connectivity index (χ3n) is 2.97. The topological polar surface area (TPSA) is 20.3 Å². The number of halogens is 2. The number of carbonyl (C=O) groups is 1. The van der Waals surface area contributed by atoms with Crippen molar-refractivity contribution < 1.29 is 9.18 Å². The summed E-state index contributed by atoms with van der Waals surface area (Å²) in [7, 11) is 0. The Bertz CT molecular complexity index is 556. The monoisotopic (exact) mass is 291 g/mol. The summed E-state index contributed by atoms with van der Waals surface area (Å²) in [5, 5.41) is 0. The van der Waals surface area contributed by atoms with Crippen molar-refractivity contribution >= 4 is 17.5 Å². The smallest absolute Gasteiger partial charge is 0.238 e. The summed E-state index contributed by atoms with van der Waals surface area (Å²) < 4.78 is 12.9. The molecule has 0 bridgehead atoms. The molecule has 4 heteroatoms. The van der Waals surface area contributed by atoms with Gasteiger partial charge in [-0.15, -0.1) is 11.6 Å². The highest BCUT2D eigenvalue weighted by Crippen LogP contribution is 2.11. The van der Waals surface area contributed by atoms with Crippen LogP contribution in [0.25, 0.3) is 0 Å². The molecule has 0 unspecified atom stereocenters. The minimum absolute atomic E-state index is 0.0615. The van der Waals surface area contributed by atoms with Gasteiger partial charge in [0.1, 0.15) is 11.7 Å². The van der Waals surface area contributed by atoms with E-state index in [-0.39, 0.29) is 17.6 Å². The van der Waals surface area contributed by atoms with Gasteiger partial charge in [0.2, 0.25) is 5.91 Å². The lowest BCUT2D eigenvalue weighted by Gasteiger charge is -2.22. The van der Waals surface area contributed by atoms with E-state index in [4.69, 9.17) is 11.6 Å². The minimum atomic E-state index is -0.285. The third kappa shape index (κ3) is 4.07. The molecule has 0 heterocycles. The molecule has 2 nitrogen and oxygen atoms in total. The molecule has 2 aromatic rings. The highest BCUT2D eigenvalue weighted by molar-refractivity contribution is 6.27. The van der Waals surface area contributed by atoms with Gasteiger partial charge in [0, 0.05) is 13.1 Å². The third-order valence-corrected chi connectivity index (χ3v) is 3.20. The van der Waals surface area contributed by atoms with E-state index in [2.05, 4.69) is 0 Å². The molecule has 0 aliphatic rings. The second-order valence-electron chi connectivity index (χ2n) is 4.50. The first-order valence-corrected chi connectivity index (χ1v) is 6.84. The average Bonchev–Trinajstić information content (AvgIpc) is 2.49. The Kier molecular flexibility index (Phi) is 5.13. The number of amides is 1. The molecule has 2 rings (SSSR count). The molecule has 0 spiro atoms. The Morgan fingerprint density at radius 3 is 2.05 bits per heavy atom. The van der Waals surface area contributed by atoms with E-state index in [1.54, 1.807) is 17.0 Å². The summed E-state index contributed by atoms with van der Waals surface area (Å²) in [4.78, 5) is 13.6. The van der Waals surface area contributed by atoms with Crippen LogP contribution in [0.3, 0.4) is 0 Å². The summed E-state index contributed by atoms with van der Waals surface area (Å²) in [5.41, 5.74) is 1.91. The zero-order valence-electron chi connectivity index (χ0n) is 10.9. The predicted octanol–water partition coefficient (Wildman–Crippen LogP) is 3.59. The van der Waals surface area contributed by atoms with E-state index in [0.717, 1.165) is 11.1 Å². The van der Waals surface area contributed by atoms with Crippen molar-refractivity contribution in [1.82, 2.24) is 4.90 Å². The Hall–Kier alpha value is -1.87. The number of rotatable bonds is 5. The Morgan fingerprint density at radius 2 is 1.50 bits per heavy atom. The lowest BCUT2D eigenvalue weighted by atomic mass is 10.1. The molecule has 0 radical (unpaired) electrons. The van der Waals surface area contributed by atoms with Gasteiger partial charge >= 0.3 is 0 Å². The number of hydrogen-bond acceptors (Lipinski definition) is 1. The SMILES string of the molecule is O=C(CCl)N(Cc1ccccc1)Cc1ccc(F)cc1. The van der Waals surface area contributed by atoms with Gasteiger partial charge in [-0.25, -0.2) is 4.39 Å². The quantitative estimate of drug-likeness (QED) is 0.771. The van der Waals surface area contributed by atoms with E-state index >= 15 is 0 Å². The van der Waals surface area contributed by atoms with Crippen molar-refractivity contribution in [3.8, 4) is 0 Å². The van der Waals surface area contributed by atoms with Gasteiger partial charge in [-0.1, -0.05) is 42.5 Å². The lowest BCUT2D eigenvalue weighted by molar-refractivity contribution is -0.129. The standard InChI is InChI=1S/C16H15ClFNO/c17-10-16(20)19(11-13-4-2-1-3-5-13)12-14-6-8-15(18)9-7-14/h1-9H,10-12H2. The second-order valence-corrected chi connectivity index (χ2v) is 4.76. The van der Waals surface area contributed by atoms with Gasteiger partial charge in [0.25, 0.3) is 0 Å². The molecule has 0 N–H and O–H groups in total. The minimum Gasteiger partial charge on any atom is -0.333 e. The number of hydrogen-bond donors (Lipinski definition) is 0. The zero-order valence-corrected chi connectivity index (χ0v) is 11.7. The van der Waals surface area contributed by atoms with Crippen molar-refractivity contribution in [2.75, 3.05) is 5.88 Å². The Morgan fingerprint density at radius 1 is 0.950 bits per heavy atom. The zero-order chi connectivity index (χ0) is 14.4. The first-order chi connectivity index (χ1) is 9.69. The maximum atomic E-state index is 12.9. The maximum Gasteiger partial charge on any atom is 0.238 e. The van der Waals surface area contributed by atoms with Crippen molar-refractivity contribution in [2.24, 2.45) is 0 Å². The van der Waals surface area contributed by atoms with Crippen LogP contribution in [0.15, 0.2) is 54.6 Å². The Labute approximate surface area is 122 Å². The molecule has 0 aliphatic heterocycles.